The molecule has 30 heavy (non-hydrogen) atoms. The minimum atomic E-state index is -3.63. The molecule has 1 amide bonds. The van der Waals surface area contributed by atoms with Crippen molar-refractivity contribution in [2.75, 3.05) is 13.1 Å². The molecule has 6 nitrogen and oxygen atoms in total. The van der Waals surface area contributed by atoms with Gasteiger partial charge < -0.3 is 0 Å². The first-order valence-corrected chi connectivity index (χ1v) is 11.6. The van der Waals surface area contributed by atoms with Gasteiger partial charge in [-0.05, 0) is 53.4 Å². The van der Waals surface area contributed by atoms with Crippen molar-refractivity contribution >= 4 is 26.7 Å². The Hall–Kier alpha value is -2.74. The fraction of sp³-hybridized carbons (Fsp3) is 0.261. The molecule has 0 radical (unpaired) electrons. The number of rotatable bonds is 6. The van der Waals surface area contributed by atoms with Gasteiger partial charge in [-0.3, -0.25) is 10.2 Å². The van der Waals surface area contributed by atoms with Crippen LogP contribution in [0.15, 0.2) is 71.6 Å². The number of carbonyl (C=O) groups excluding carboxylic acids is 1. The Morgan fingerprint density at radius 3 is 2.30 bits per heavy atom. The fourth-order valence-corrected chi connectivity index (χ4v) is 4.64. The highest BCUT2D eigenvalue weighted by Gasteiger charge is 2.16. The fourth-order valence-electron chi connectivity index (χ4n) is 3.58. The molecule has 4 rings (SSSR count). The molecule has 2 N–H and O–H groups in total. The third kappa shape index (κ3) is 4.87. The molecule has 0 atom stereocenters. The van der Waals surface area contributed by atoms with Crippen LogP contribution >= 0.6 is 0 Å². The molecule has 3 aromatic rings. The van der Waals surface area contributed by atoms with Gasteiger partial charge in [0.1, 0.15) is 0 Å². The van der Waals surface area contributed by atoms with Gasteiger partial charge in [0.05, 0.1) is 4.90 Å². The molecular formula is C23H25N3O3S. The summed E-state index contributed by atoms with van der Waals surface area (Å²) in [4.78, 5) is 12.6. The van der Waals surface area contributed by atoms with Crippen molar-refractivity contribution in [1.82, 2.24) is 15.2 Å². The molecule has 1 fully saturated rings. The molecule has 7 heteroatoms. The van der Waals surface area contributed by atoms with Gasteiger partial charge in [0, 0.05) is 25.2 Å². The maximum absolute atomic E-state index is 12.7. The number of nitrogens with zero attached hydrogens (tertiary/aromatic N) is 1. The minimum Gasteiger partial charge on any atom is -0.285 e. The molecule has 3 aromatic carbocycles. The van der Waals surface area contributed by atoms with Crippen molar-refractivity contribution in [3.05, 3.63) is 77.9 Å². The van der Waals surface area contributed by atoms with E-state index in [9.17, 15) is 13.2 Å². The van der Waals surface area contributed by atoms with E-state index in [0.29, 0.717) is 5.56 Å². The summed E-state index contributed by atoms with van der Waals surface area (Å²) in [5.74, 6) is -0.139. The smallest absolute Gasteiger partial charge is 0.265 e. The van der Waals surface area contributed by atoms with Crippen LogP contribution in [0, 0.1) is 0 Å². The van der Waals surface area contributed by atoms with Crippen LogP contribution in [0.5, 0.6) is 0 Å². The lowest BCUT2D eigenvalue weighted by atomic mass is 10.1. The maximum Gasteiger partial charge on any atom is 0.265 e. The molecule has 0 bridgehead atoms. The lowest BCUT2D eigenvalue weighted by Gasteiger charge is -2.26. The largest absolute Gasteiger partial charge is 0.285 e. The zero-order chi connectivity index (χ0) is 21.0. The van der Waals surface area contributed by atoms with Crippen molar-refractivity contribution < 1.29 is 13.2 Å². The summed E-state index contributed by atoms with van der Waals surface area (Å²) in [7, 11) is -3.63. The van der Waals surface area contributed by atoms with Gasteiger partial charge in [-0.2, -0.15) is 0 Å². The Kier molecular flexibility index (Phi) is 6.13. The Labute approximate surface area is 176 Å². The first-order valence-electron chi connectivity index (χ1n) is 10.1. The van der Waals surface area contributed by atoms with Crippen LogP contribution in [-0.4, -0.2) is 32.4 Å². The van der Waals surface area contributed by atoms with E-state index in [1.165, 1.54) is 6.42 Å². The molecule has 156 valence electrons. The molecule has 0 saturated carbocycles. The van der Waals surface area contributed by atoms with E-state index in [1.807, 2.05) is 29.3 Å². The average molecular weight is 424 g/mol. The van der Waals surface area contributed by atoms with Gasteiger partial charge in [-0.15, -0.1) is 0 Å². The second-order valence-corrected chi connectivity index (χ2v) is 9.29. The lowest BCUT2D eigenvalue weighted by Crippen LogP contribution is -2.45. The number of benzene rings is 3. The number of nitrogens with one attached hydrogen (secondary N) is 2. The number of fused-ring (bicyclic) bond motifs is 1. The van der Waals surface area contributed by atoms with Crippen molar-refractivity contribution in [3.63, 3.8) is 0 Å². The van der Waals surface area contributed by atoms with E-state index in [0.717, 1.165) is 42.3 Å². The molecule has 1 saturated heterocycles. The van der Waals surface area contributed by atoms with Crippen LogP contribution in [0.2, 0.25) is 0 Å². The average Bonchev–Trinajstić information content (AvgIpc) is 2.78. The van der Waals surface area contributed by atoms with Crippen molar-refractivity contribution in [2.45, 2.75) is 30.7 Å². The van der Waals surface area contributed by atoms with E-state index >= 15 is 0 Å². The van der Waals surface area contributed by atoms with E-state index < -0.39 is 10.0 Å². The zero-order valence-corrected chi connectivity index (χ0v) is 17.5. The monoisotopic (exact) mass is 423 g/mol. The predicted octanol–water partition coefficient (Wildman–Crippen LogP) is 3.45. The normalized spacial score (nSPS) is 15.2. The molecule has 0 unspecified atom stereocenters. The second-order valence-electron chi connectivity index (χ2n) is 7.52. The minimum absolute atomic E-state index is 0.139. The highest BCUT2D eigenvalue weighted by Crippen LogP contribution is 2.19. The van der Waals surface area contributed by atoms with E-state index in [2.05, 4.69) is 10.1 Å². The van der Waals surface area contributed by atoms with Crippen LogP contribution < -0.4 is 10.1 Å². The van der Waals surface area contributed by atoms with Crippen LogP contribution in [0.25, 0.3) is 10.8 Å². The number of hydrogen-bond acceptors (Lipinski definition) is 4. The van der Waals surface area contributed by atoms with Crippen molar-refractivity contribution in [3.8, 4) is 0 Å². The van der Waals surface area contributed by atoms with Crippen molar-refractivity contribution in [1.29, 1.82) is 0 Å². The SMILES string of the molecule is O=C(NN1CCCCC1)c1ccc(CNS(=O)(=O)c2ccc3ccccc3c2)cc1. The Bertz CT molecular complexity index is 1140. The van der Waals surface area contributed by atoms with Gasteiger partial charge in [-0.1, -0.05) is 48.9 Å². The summed E-state index contributed by atoms with van der Waals surface area (Å²) in [6.45, 7) is 1.91. The topological polar surface area (TPSA) is 78.5 Å². The van der Waals surface area contributed by atoms with Gasteiger partial charge >= 0.3 is 0 Å². The first-order chi connectivity index (χ1) is 14.5. The molecule has 0 aliphatic carbocycles. The number of hydrogen-bond donors (Lipinski definition) is 2. The lowest BCUT2D eigenvalue weighted by molar-refractivity contribution is 0.0750. The Morgan fingerprint density at radius 2 is 1.57 bits per heavy atom. The Morgan fingerprint density at radius 1 is 0.867 bits per heavy atom. The van der Waals surface area contributed by atoms with Gasteiger partial charge in [0.25, 0.3) is 5.91 Å². The molecule has 0 spiro atoms. The number of carbonyl (C=O) groups is 1. The van der Waals surface area contributed by atoms with Crippen molar-refractivity contribution in [2.24, 2.45) is 0 Å². The summed E-state index contributed by atoms with van der Waals surface area (Å²) >= 11 is 0. The highest BCUT2D eigenvalue weighted by atomic mass is 32.2. The molecule has 1 aliphatic rings. The van der Waals surface area contributed by atoms with Crippen LogP contribution in [-0.2, 0) is 16.6 Å². The van der Waals surface area contributed by atoms with Crippen LogP contribution in [0.3, 0.4) is 0 Å². The third-order valence-electron chi connectivity index (χ3n) is 5.33. The summed E-state index contributed by atoms with van der Waals surface area (Å²) in [5, 5.41) is 3.83. The van der Waals surface area contributed by atoms with Gasteiger partial charge in [0.15, 0.2) is 0 Å². The summed E-state index contributed by atoms with van der Waals surface area (Å²) in [6, 6.07) is 19.7. The molecule has 0 aromatic heterocycles. The maximum atomic E-state index is 12.7. The first kappa shape index (κ1) is 20.5. The second kappa shape index (κ2) is 8.95. The summed E-state index contributed by atoms with van der Waals surface area (Å²) in [6.07, 6.45) is 3.39. The number of sulfonamides is 1. The van der Waals surface area contributed by atoms with E-state index in [-0.39, 0.29) is 17.3 Å². The Balaban J connectivity index is 1.38. The quantitative estimate of drug-likeness (QED) is 0.637. The van der Waals surface area contributed by atoms with Gasteiger partial charge in [0.2, 0.25) is 10.0 Å². The molecule has 1 heterocycles. The number of hydrazine groups is 1. The third-order valence-corrected chi connectivity index (χ3v) is 6.73. The molecular weight excluding hydrogens is 398 g/mol. The van der Waals surface area contributed by atoms with Crippen LogP contribution in [0.4, 0.5) is 0 Å². The predicted molar refractivity (Wildman–Crippen MR) is 117 cm³/mol. The summed E-state index contributed by atoms with van der Waals surface area (Å²) in [5.41, 5.74) is 4.27. The number of piperidine rings is 1. The van der Waals surface area contributed by atoms with E-state index in [4.69, 9.17) is 0 Å². The number of amides is 1. The standard InChI is InChI=1S/C23H25N3O3S/c27-23(25-26-14-4-1-5-15-26)20-10-8-18(9-11-20)17-24-30(28,29)22-13-12-19-6-2-3-7-21(19)16-22/h2-3,6-13,16,24H,1,4-5,14-15,17H2,(H,25,27). The molecule has 1 aliphatic heterocycles. The van der Waals surface area contributed by atoms with Crippen LogP contribution in [0.1, 0.15) is 35.2 Å². The van der Waals surface area contributed by atoms with E-state index in [1.54, 1.807) is 42.5 Å². The zero-order valence-electron chi connectivity index (χ0n) is 16.7. The van der Waals surface area contributed by atoms with Gasteiger partial charge in [-0.25, -0.2) is 18.1 Å². The highest BCUT2D eigenvalue weighted by molar-refractivity contribution is 7.89. The summed E-state index contributed by atoms with van der Waals surface area (Å²) < 4.78 is 28.0.